The van der Waals surface area contributed by atoms with Crippen molar-refractivity contribution in [2.75, 3.05) is 0 Å². The molecule has 0 bridgehead atoms. The van der Waals surface area contributed by atoms with Crippen LogP contribution in [0.25, 0.3) is 0 Å². The van der Waals surface area contributed by atoms with E-state index in [1.54, 1.807) is 19.1 Å². The zero-order valence-corrected chi connectivity index (χ0v) is 9.03. The summed E-state index contributed by atoms with van der Waals surface area (Å²) in [5.41, 5.74) is 6.98. The van der Waals surface area contributed by atoms with Gasteiger partial charge in [0.05, 0.1) is 0 Å². The lowest BCUT2D eigenvalue weighted by Gasteiger charge is -2.05. The number of carbonyl (C=O) groups excluding carboxylic acids is 1. The summed E-state index contributed by atoms with van der Waals surface area (Å²) in [5.74, 6) is -0.133. The lowest BCUT2D eigenvalue weighted by molar-refractivity contribution is -0.119. The van der Waals surface area contributed by atoms with Crippen LogP contribution in [-0.2, 0) is 4.79 Å². The van der Waals surface area contributed by atoms with Crippen LogP contribution >= 0.6 is 0 Å². The number of phenols is 1. The number of phenolic OH excluding ortho intramolecular Hbond substituents is 1. The molecule has 1 aromatic rings. The Bertz CT molecular complexity index is 468. The van der Waals surface area contributed by atoms with Crippen molar-refractivity contribution in [2.45, 2.75) is 19.3 Å². The van der Waals surface area contributed by atoms with Gasteiger partial charge in [-0.05, 0) is 37.0 Å². The average molecular weight is 218 g/mol. The van der Waals surface area contributed by atoms with Gasteiger partial charge in [-0.25, -0.2) is 0 Å². The molecule has 0 aromatic heterocycles. The highest BCUT2D eigenvalue weighted by Gasteiger charge is 2.42. The predicted molar refractivity (Wildman–Crippen MR) is 60.7 cm³/mol. The number of amides is 1. The minimum Gasteiger partial charge on any atom is -0.507 e. The van der Waals surface area contributed by atoms with Gasteiger partial charge in [0.15, 0.2) is 0 Å². The second-order valence-corrected chi connectivity index (χ2v) is 4.25. The summed E-state index contributed by atoms with van der Waals surface area (Å²) >= 11 is 0. The minimum atomic E-state index is -0.281. The molecular weight excluding hydrogens is 204 g/mol. The highest BCUT2D eigenvalue weighted by Crippen LogP contribution is 2.47. The number of benzene rings is 1. The number of hydrogen-bond donors (Lipinski definition) is 3. The first-order chi connectivity index (χ1) is 7.50. The van der Waals surface area contributed by atoms with Gasteiger partial charge in [0.25, 0.3) is 0 Å². The summed E-state index contributed by atoms with van der Waals surface area (Å²) in [6, 6.07) is 5.19. The van der Waals surface area contributed by atoms with E-state index in [0.717, 1.165) is 12.0 Å². The first kappa shape index (κ1) is 10.7. The molecule has 1 saturated carbocycles. The molecule has 16 heavy (non-hydrogen) atoms. The maximum absolute atomic E-state index is 10.9. The number of rotatable bonds is 3. The van der Waals surface area contributed by atoms with Gasteiger partial charge < -0.3 is 16.2 Å². The topological polar surface area (TPSA) is 87.2 Å². The Morgan fingerprint density at radius 2 is 2.25 bits per heavy atom. The maximum atomic E-state index is 10.9. The molecule has 0 saturated heterocycles. The smallest absolute Gasteiger partial charge is 0.221 e. The van der Waals surface area contributed by atoms with E-state index in [1.165, 1.54) is 0 Å². The van der Waals surface area contributed by atoms with Gasteiger partial charge in [0.1, 0.15) is 5.75 Å². The molecule has 2 atom stereocenters. The predicted octanol–water partition coefficient (Wildman–Crippen LogP) is 1.37. The number of nitrogens with one attached hydrogen (secondary N) is 1. The van der Waals surface area contributed by atoms with E-state index in [9.17, 15) is 9.90 Å². The quantitative estimate of drug-likeness (QED) is 0.669. The Labute approximate surface area is 93.6 Å². The SMILES string of the molecule is CC(=N)c1ccc(C2CC2C(N)=O)cc1O. The van der Waals surface area contributed by atoms with Crippen molar-refractivity contribution in [1.29, 1.82) is 5.41 Å². The summed E-state index contributed by atoms with van der Waals surface area (Å²) in [7, 11) is 0. The Balaban J connectivity index is 2.23. The number of primary amides is 1. The third-order valence-electron chi connectivity index (χ3n) is 3.01. The molecule has 2 rings (SSSR count). The molecule has 0 radical (unpaired) electrons. The van der Waals surface area contributed by atoms with E-state index in [-0.39, 0.29) is 23.5 Å². The molecule has 1 aromatic carbocycles. The Hall–Kier alpha value is -1.84. The fourth-order valence-corrected chi connectivity index (χ4v) is 1.97. The molecule has 0 aliphatic heterocycles. The van der Waals surface area contributed by atoms with Gasteiger partial charge in [-0.1, -0.05) is 6.07 Å². The lowest BCUT2D eigenvalue weighted by Crippen LogP contribution is -2.13. The van der Waals surface area contributed by atoms with Crippen LogP contribution in [0.4, 0.5) is 0 Å². The molecule has 0 heterocycles. The number of aromatic hydroxyl groups is 1. The summed E-state index contributed by atoms with van der Waals surface area (Å²) in [6.45, 7) is 1.62. The van der Waals surface area contributed by atoms with Gasteiger partial charge >= 0.3 is 0 Å². The first-order valence-corrected chi connectivity index (χ1v) is 5.18. The summed E-state index contributed by atoms with van der Waals surface area (Å²) in [6.07, 6.45) is 0.762. The van der Waals surface area contributed by atoms with Crippen LogP contribution in [0.1, 0.15) is 30.4 Å². The van der Waals surface area contributed by atoms with Crippen LogP contribution in [0.5, 0.6) is 5.75 Å². The molecule has 4 N–H and O–H groups in total. The summed E-state index contributed by atoms with van der Waals surface area (Å²) < 4.78 is 0. The van der Waals surface area contributed by atoms with Crippen molar-refractivity contribution in [3.05, 3.63) is 29.3 Å². The lowest BCUT2D eigenvalue weighted by atomic mass is 10.0. The van der Waals surface area contributed by atoms with E-state index in [0.29, 0.717) is 11.3 Å². The van der Waals surface area contributed by atoms with Crippen molar-refractivity contribution in [3.63, 3.8) is 0 Å². The molecule has 4 heteroatoms. The Morgan fingerprint density at radius 1 is 1.56 bits per heavy atom. The monoisotopic (exact) mass is 218 g/mol. The molecule has 1 aliphatic carbocycles. The van der Waals surface area contributed by atoms with Crippen molar-refractivity contribution < 1.29 is 9.90 Å². The standard InChI is InChI=1S/C12H14N2O2/c1-6(13)8-3-2-7(4-11(8)15)9-5-10(9)12(14)16/h2-4,9-10,13,15H,5H2,1H3,(H2,14,16). The fourth-order valence-electron chi connectivity index (χ4n) is 1.97. The van der Waals surface area contributed by atoms with E-state index >= 15 is 0 Å². The number of hydrogen-bond acceptors (Lipinski definition) is 3. The number of carbonyl (C=O) groups is 1. The second-order valence-electron chi connectivity index (χ2n) is 4.25. The van der Waals surface area contributed by atoms with Crippen LogP contribution in [0.15, 0.2) is 18.2 Å². The molecule has 1 aliphatic rings. The third kappa shape index (κ3) is 1.78. The van der Waals surface area contributed by atoms with Gasteiger partial charge in [0, 0.05) is 17.2 Å². The summed E-state index contributed by atoms with van der Waals surface area (Å²) in [4.78, 5) is 10.9. The fraction of sp³-hybridized carbons (Fsp3) is 0.333. The van der Waals surface area contributed by atoms with Crippen molar-refractivity contribution >= 4 is 11.6 Å². The van der Waals surface area contributed by atoms with E-state index in [4.69, 9.17) is 11.1 Å². The van der Waals surface area contributed by atoms with Crippen LogP contribution in [0.3, 0.4) is 0 Å². The normalized spacial score (nSPS) is 22.8. The molecule has 4 nitrogen and oxygen atoms in total. The zero-order chi connectivity index (χ0) is 11.9. The molecule has 0 spiro atoms. The van der Waals surface area contributed by atoms with Gasteiger partial charge in [-0.2, -0.15) is 0 Å². The van der Waals surface area contributed by atoms with Gasteiger partial charge in [0.2, 0.25) is 5.91 Å². The van der Waals surface area contributed by atoms with Crippen molar-refractivity contribution in [1.82, 2.24) is 0 Å². The van der Waals surface area contributed by atoms with E-state index in [1.807, 2.05) is 6.07 Å². The zero-order valence-electron chi connectivity index (χ0n) is 9.03. The highest BCUT2D eigenvalue weighted by atomic mass is 16.3. The van der Waals surface area contributed by atoms with Gasteiger partial charge in [-0.3, -0.25) is 4.79 Å². The molecule has 84 valence electrons. The van der Waals surface area contributed by atoms with Crippen molar-refractivity contribution in [3.8, 4) is 5.75 Å². The second kappa shape index (κ2) is 3.63. The molecule has 2 unspecified atom stereocenters. The van der Waals surface area contributed by atoms with Gasteiger partial charge in [-0.15, -0.1) is 0 Å². The molecule has 1 fully saturated rings. The molecular formula is C12H14N2O2. The average Bonchev–Trinajstić information content (AvgIpc) is 2.96. The maximum Gasteiger partial charge on any atom is 0.221 e. The first-order valence-electron chi connectivity index (χ1n) is 5.18. The minimum absolute atomic E-state index is 0.0914. The summed E-state index contributed by atoms with van der Waals surface area (Å²) in [5, 5.41) is 17.1. The van der Waals surface area contributed by atoms with Crippen molar-refractivity contribution in [2.24, 2.45) is 11.7 Å². The highest BCUT2D eigenvalue weighted by molar-refractivity contribution is 5.98. The Kier molecular flexibility index (Phi) is 2.42. The van der Waals surface area contributed by atoms with Crippen LogP contribution < -0.4 is 5.73 Å². The third-order valence-corrected chi connectivity index (χ3v) is 3.01. The molecule has 1 amide bonds. The number of nitrogens with two attached hydrogens (primary N) is 1. The van der Waals surface area contributed by atoms with Crippen LogP contribution in [-0.4, -0.2) is 16.7 Å². The largest absolute Gasteiger partial charge is 0.507 e. The van der Waals surface area contributed by atoms with Crippen LogP contribution in [0, 0.1) is 11.3 Å². The van der Waals surface area contributed by atoms with Crippen LogP contribution in [0.2, 0.25) is 0 Å². The van der Waals surface area contributed by atoms with E-state index in [2.05, 4.69) is 0 Å². The Morgan fingerprint density at radius 3 is 2.69 bits per heavy atom. The van der Waals surface area contributed by atoms with E-state index < -0.39 is 0 Å².